The molecule has 0 bridgehead atoms. The number of phenols is 1. The van der Waals surface area contributed by atoms with E-state index < -0.39 is 6.03 Å². The molecule has 0 radical (unpaired) electrons. The quantitative estimate of drug-likeness (QED) is 0.498. The van der Waals surface area contributed by atoms with E-state index in [0.29, 0.717) is 16.7 Å². The number of nitrogens with one attached hydrogen (secondary N) is 2. The number of hydrogen-bond acceptors (Lipinski definition) is 6. The zero-order chi connectivity index (χ0) is 19.1. The van der Waals surface area contributed by atoms with Crippen molar-refractivity contribution >= 4 is 40.3 Å². The van der Waals surface area contributed by atoms with Crippen LogP contribution in [0, 0.1) is 0 Å². The second-order valence-electron chi connectivity index (χ2n) is 5.80. The Morgan fingerprint density at radius 2 is 2.00 bits per heavy atom. The fourth-order valence-corrected chi connectivity index (χ4v) is 2.96. The van der Waals surface area contributed by atoms with Gasteiger partial charge >= 0.3 is 6.03 Å². The van der Waals surface area contributed by atoms with E-state index in [9.17, 15) is 9.90 Å². The number of phenolic OH excluding ortho intramolecular Hbond substituents is 1. The Morgan fingerprint density at radius 3 is 2.78 bits per heavy atom. The summed E-state index contributed by atoms with van der Waals surface area (Å²) in [5.41, 5.74) is 0.574. The van der Waals surface area contributed by atoms with Gasteiger partial charge in [0.05, 0.1) is 6.20 Å². The van der Waals surface area contributed by atoms with Gasteiger partial charge < -0.3 is 14.8 Å². The molecule has 3 rings (SSSR count). The third kappa shape index (κ3) is 5.68. The molecule has 0 aliphatic carbocycles. The molecule has 0 saturated heterocycles. The zero-order valence-electron chi connectivity index (χ0n) is 14.8. The van der Waals surface area contributed by atoms with Crippen LogP contribution < -0.4 is 10.6 Å². The number of thiazole rings is 1. The van der Waals surface area contributed by atoms with Crippen LogP contribution in [0.4, 0.5) is 15.6 Å². The summed E-state index contributed by atoms with van der Waals surface area (Å²) in [6.45, 7) is 2.14. The summed E-state index contributed by atoms with van der Waals surface area (Å²) in [6, 6.07) is 5.81. The maximum Gasteiger partial charge on any atom is 0.325 e. The molecule has 0 spiro atoms. The Hall–Kier alpha value is -3.13. The van der Waals surface area contributed by atoms with Gasteiger partial charge in [-0.2, -0.15) is 0 Å². The van der Waals surface area contributed by atoms with Crippen molar-refractivity contribution in [2.75, 3.05) is 10.6 Å². The third-order valence-electron chi connectivity index (χ3n) is 3.61. The number of carbonyl (C=O) groups excluding carboxylic acids is 1. The van der Waals surface area contributed by atoms with Gasteiger partial charge in [0, 0.05) is 29.3 Å². The molecule has 0 unspecified atom stereocenters. The minimum Gasteiger partial charge on any atom is -0.508 e. The van der Waals surface area contributed by atoms with Crippen molar-refractivity contribution in [1.29, 1.82) is 0 Å². The average Bonchev–Trinajstić information content (AvgIpc) is 3.29. The van der Waals surface area contributed by atoms with Crippen LogP contribution >= 0.6 is 11.3 Å². The number of urea groups is 1. The number of aromatic nitrogens is 2. The first-order chi connectivity index (χ1) is 13.1. The summed E-state index contributed by atoms with van der Waals surface area (Å²) in [4.78, 5) is 21.2. The van der Waals surface area contributed by atoms with E-state index >= 15 is 0 Å². The van der Waals surface area contributed by atoms with E-state index in [1.807, 2.05) is 6.08 Å². The Balaban J connectivity index is 1.53. The minimum absolute atomic E-state index is 0.140. The van der Waals surface area contributed by atoms with Crippen LogP contribution in [0.2, 0.25) is 0 Å². The van der Waals surface area contributed by atoms with E-state index in [-0.39, 0.29) is 5.75 Å². The smallest absolute Gasteiger partial charge is 0.325 e. The number of hydrogen-bond donors (Lipinski definition) is 3. The Morgan fingerprint density at radius 1 is 1.19 bits per heavy atom. The van der Waals surface area contributed by atoms with Crippen molar-refractivity contribution in [1.82, 2.24) is 9.97 Å². The lowest BCUT2D eigenvalue weighted by Crippen LogP contribution is -2.19. The molecule has 7 nitrogen and oxygen atoms in total. The Bertz CT molecular complexity index is 915. The molecule has 140 valence electrons. The highest BCUT2D eigenvalue weighted by atomic mass is 32.1. The number of rotatable bonds is 7. The number of oxazole rings is 1. The number of anilines is 2. The van der Waals surface area contributed by atoms with Gasteiger partial charge in [0.25, 0.3) is 0 Å². The lowest BCUT2D eigenvalue weighted by atomic mass is 10.2. The predicted molar refractivity (Wildman–Crippen MR) is 107 cm³/mol. The fraction of sp³-hybridized carbons (Fsp3) is 0.211. The highest BCUT2D eigenvalue weighted by Crippen LogP contribution is 2.21. The summed E-state index contributed by atoms with van der Waals surface area (Å²) < 4.78 is 5.64. The highest BCUT2D eigenvalue weighted by molar-refractivity contribution is 7.16. The number of amides is 2. The van der Waals surface area contributed by atoms with E-state index in [1.54, 1.807) is 30.6 Å². The van der Waals surface area contributed by atoms with Gasteiger partial charge in [-0.05, 0) is 36.8 Å². The zero-order valence-corrected chi connectivity index (χ0v) is 15.6. The highest BCUT2D eigenvalue weighted by Gasteiger charge is 2.06. The molecular weight excluding hydrogens is 364 g/mol. The van der Waals surface area contributed by atoms with Crippen molar-refractivity contribution in [3.8, 4) is 5.75 Å². The van der Waals surface area contributed by atoms with Crippen LogP contribution in [-0.2, 0) is 6.42 Å². The number of carbonyl (C=O) groups is 1. The van der Waals surface area contributed by atoms with Crippen molar-refractivity contribution < 1.29 is 14.3 Å². The monoisotopic (exact) mass is 384 g/mol. The normalized spacial score (nSPS) is 11.0. The van der Waals surface area contributed by atoms with Gasteiger partial charge in [-0.15, -0.1) is 0 Å². The maximum atomic E-state index is 12.0. The van der Waals surface area contributed by atoms with Crippen molar-refractivity contribution in [2.45, 2.75) is 26.2 Å². The second-order valence-corrected chi connectivity index (χ2v) is 6.86. The summed E-state index contributed by atoms with van der Waals surface area (Å²) in [7, 11) is 0. The molecule has 8 heteroatoms. The third-order valence-corrected chi connectivity index (χ3v) is 4.49. The molecule has 2 aromatic heterocycles. The average molecular weight is 384 g/mol. The molecular formula is C19H20N4O3S. The summed E-state index contributed by atoms with van der Waals surface area (Å²) in [5, 5.41) is 15.1. The maximum absolute atomic E-state index is 12.0. The molecule has 3 N–H and O–H groups in total. The molecule has 0 aliphatic heterocycles. The van der Waals surface area contributed by atoms with E-state index in [0.717, 1.165) is 29.9 Å². The number of aryl methyl sites for hydroxylation is 1. The first-order valence-corrected chi connectivity index (χ1v) is 9.39. The molecule has 0 atom stereocenters. The van der Waals surface area contributed by atoms with Gasteiger partial charge in [-0.3, -0.25) is 5.32 Å². The number of benzene rings is 1. The van der Waals surface area contributed by atoms with E-state index in [1.165, 1.54) is 23.5 Å². The molecule has 0 fully saturated rings. The van der Waals surface area contributed by atoms with E-state index in [2.05, 4.69) is 27.5 Å². The van der Waals surface area contributed by atoms with Crippen LogP contribution in [0.25, 0.3) is 12.2 Å². The predicted octanol–water partition coefficient (Wildman–Crippen LogP) is 4.99. The van der Waals surface area contributed by atoms with Crippen molar-refractivity contribution in [3.05, 3.63) is 53.2 Å². The van der Waals surface area contributed by atoms with Crippen LogP contribution in [0.1, 0.15) is 36.3 Å². The van der Waals surface area contributed by atoms with Crippen molar-refractivity contribution in [2.24, 2.45) is 0 Å². The lowest BCUT2D eigenvalue weighted by Gasteiger charge is -2.04. The van der Waals surface area contributed by atoms with Crippen LogP contribution in [0.5, 0.6) is 5.75 Å². The Labute approximate surface area is 160 Å². The minimum atomic E-state index is -0.404. The van der Waals surface area contributed by atoms with Crippen LogP contribution in [0.3, 0.4) is 0 Å². The molecule has 0 saturated carbocycles. The molecule has 0 aliphatic rings. The topological polar surface area (TPSA) is 100 Å². The molecule has 2 amide bonds. The lowest BCUT2D eigenvalue weighted by molar-refractivity contribution is 0.262. The molecule has 2 heterocycles. The van der Waals surface area contributed by atoms with Crippen molar-refractivity contribution in [3.63, 3.8) is 0 Å². The van der Waals surface area contributed by atoms with Gasteiger partial charge in [-0.1, -0.05) is 24.7 Å². The van der Waals surface area contributed by atoms with Gasteiger partial charge in [0.15, 0.2) is 5.13 Å². The first-order valence-electron chi connectivity index (χ1n) is 8.58. The molecule has 3 aromatic rings. The number of aromatic hydroxyl groups is 1. The van der Waals surface area contributed by atoms with Gasteiger partial charge in [0.2, 0.25) is 5.89 Å². The summed E-state index contributed by atoms with van der Waals surface area (Å²) >= 11 is 1.33. The summed E-state index contributed by atoms with van der Waals surface area (Å²) in [5.74, 6) is 1.57. The summed E-state index contributed by atoms with van der Waals surface area (Å²) in [6.07, 6.45) is 10.1. The Kier molecular flexibility index (Phi) is 6.22. The van der Waals surface area contributed by atoms with Crippen LogP contribution in [-0.4, -0.2) is 21.1 Å². The molecule has 1 aromatic carbocycles. The first kappa shape index (κ1) is 18.7. The van der Waals surface area contributed by atoms with Gasteiger partial charge in [0.1, 0.15) is 11.5 Å². The number of nitrogens with zero attached hydrogens (tertiary/aromatic N) is 2. The fourth-order valence-electron chi connectivity index (χ4n) is 2.25. The second kappa shape index (κ2) is 9.00. The standard InChI is InChI=1S/C19H20N4O3S/c1-2-3-4-15-11-20-17(26-15)10-9-16-12-21-19(27-16)23-18(25)22-13-5-7-14(24)8-6-13/h5-12,24H,2-4H2,1H3,(H2,21,22,23,25)/b10-9+. The largest absolute Gasteiger partial charge is 0.508 e. The van der Waals surface area contributed by atoms with E-state index in [4.69, 9.17) is 4.42 Å². The van der Waals surface area contributed by atoms with Gasteiger partial charge in [-0.25, -0.2) is 14.8 Å². The molecule has 27 heavy (non-hydrogen) atoms. The van der Waals surface area contributed by atoms with Crippen LogP contribution in [0.15, 0.2) is 41.1 Å². The SMILES string of the molecule is CCCCc1cnc(/C=C/c2cnc(NC(=O)Nc3ccc(O)cc3)s2)o1. The number of unbranched alkanes of at least 4 members (excludes halogenated alkanes) is 1.